The van der Waals surface area contributed by atoms with E-state index in [9.17, 15) is 14.7 Å². The fourth-order valence-electron chi connectivity index (χ4n) is 4.35. The number of carbonyl (C=O) groups excluding carboxylic acids is 2. The summed E-state index contributed by atoms with van der Waals surface area (Å²) in [6.45, 7) is 3.92. The van der Waals surface area contributed by atoms with Gasteiger partial charge >= 0.3 is 11.9 Å². The summed E-state index contributed by atoms with van der Waals surface area (Å²) >= 11 is 0. The van der Waals surface area contributed by atoms with Gasteiger partial charge in [0.2, 0.25) is 0 Å². The Balaban J connectivity index is 3.74. The Morgan fingerprint density at radius 1 is 0.545 bits per heavy atom. The Morgan fingerprint density at radius 3 is 1.57 bits per heavy atom. The lowest BCUT2D eigenvalue weighted by Gasteiger charge is -2.15. The molecule has 0 aromatic carbocycles. The van der Waals surface area contributed by atoms with Crippen molar-refractivity contribution in [3.05, 3.63) is 72.9 Å². The molecule has 1 atom stereocenters. The van der Waals surface area contributed by atoms with E-state index in [-0.39, 0.29) is 31.6 Å². The molecule has 0 rings (SSSR count). The molecule has 0 aromatic heterocycles. The van der Waals surface area contributed by atoms with E-state index >= 15 is 0 Å². The molecule has 0 amide bonds. The highest BCUT2D eigenvalue weighted by molar-refractivity contribution is 5.70. The first-order chi connectivity index (χ1) is 21.6. The number of rotatable bonds is 30. The molecule has 0 radical (unpaired) electrons. The van der Waals surface area contributed by atoms with Crippen LogP contribution in [0.25, 0.3) is 0 Å². The molecule has 5 heteroatoms. The van der Waals surface area contributed by atoms with Crippen molar-refractivity contribution in [2.24, 2.45) is 0 Å². The number of carbonyl (C=O) groups is 2. The minimum atomic E-state index is -0.806. The number of aliphatic hydroxyl groups excluding tert-OH is 1. The van der Waals surface area contributed by atoms with Crippen molar-refractivity contribution in [2.75, 3.05) is 13.2 Å². The third-order valence-corrected chi connectivity index (χ3v) is 6.98. The number of esters is 2. The highest BCUT2D eigenvalue weighted by Gasteiger charge is 2.15. The summed E-state index contributed by atoms with van der Waals surface area (Å²) in [6, 6.07) is 0. The smallest absolute Gasteiger partial charge is 0.306 e. The Labute approximate surface area is 270 Å². The third-order valence-electron chi connectivity index (χ3n) is 6.98. The summed E-state index contributed by atoms with van der Waals surface area (Å²) < 4.78 is 10.5. The Bertz CT molecular complexity index is 833. The van der Waals surface area contributed by atoms with Crippen molar-refractivity contribution in [2.45, 2.75) is 148 Å². The van der Waals surface area contributed by atoms with E-state index in [0.717, 1.165) is 64.2 Å². The van der Waals surface area contributed by atoms with Gasteiger partial charge in [-0.3, -0.25) is 9.59 Å². The van der Waals surface area contributed by atoms with Crippen molar-refractivity contribution in [1.29, 1.82) is 0 Å². The molecular formula is C39H64O5. The molecular weight excluding hydrogens is 548 g/mol. The second kappa shape index (κ2) is 34.8. The average Bonchev–Trinajstić information content (AvgIpc) is 3.02. The first-order valence-corrected chi connectivity index (χ1v) is 17.5. The van der Waals surface area contributed by atoms with E-state index in [1.54, 1.807) is 0 Å². The first kappa shape index (κ1) is 41.3. The molecule has 0 aliphatic heterocycles. The van der Waals surface area contributed by atoms with Crippen molar-refractivity contribution in [3.63, 3.8) is 0 Å². The molecule has 0 saturated heterocycles. The molecule has 5 nitrogen and oxygen atoms in total. The number of ether oxygens (including phenoxy) is 2. The monoisotopic (exact) mass is 612 g/mol. The summed E-state index contributed by atoms with van der Waals surface area (Å²) in [4.78, 5) is 24.1. The van der Waals surface area contributed by atoms with Crippen LogP contribution in [-0.4, -0.2) is 36.4 Å². The normalized spacial score (nSPS) is 13.1. The third kappa shape index (κ3) is 32.3. The molecule has 0 saturated carbocycles. The van der Waals surface area contributed by atoms with Crippen LogP contribution in [0.3, 0.4) is 0 Å². The maximum absolute atomic E-state index is 12.1. The van der Waals surface area contributed by atoms with Gasteiger partial charge in [0.1, 0.15) is 6.61 Å². The molecule has 0 fully saturated rings. The van der Waals surface area contributed by atoms with Gasteiger partial charge in [-0.25, -0.2) is 0 Å². The lowest BCUT2D eigenvalue weighted by Crippen LogP contribution is -2.28. The zero-order chi connectivity index (χ0) is 32.2. The van der Waals surface area contributed by atoms with Crippen LogP contribution in [0.4, 0.5) is 0 Å². The number of hydrogen-bond donors (Lipinski definition) is 1. The summed E-state index contributed by atoms with van der Waals surface area (Å²) in [5.41, 5.74) is 0. The van der Waals surface area contributed by atoms with E-state index in [1.165, 1.54) is 44.9 Å². The van der Waals surface area contributed by atoms with Crippen LogP contribution in [0.5, 0.6) is 0 Å². The lowest BCUT2D eigenvalue weighted by atomic mass is 10.1. The van der Waals surface area contributed by atoms with E-state index in [2.05, 4.69) is 86.8 Å². The fraction of sp³-hybridized carbons (Fsp3) is 0.641. The summed E-state index contributed by atoms with van der Waals surface area (Å²) in [6.07, 6.45) is 45.3. The van der Waals surface area contributed by atoms with Crippen molar-refractivity contribution < 1.29 is 24.2 Å². The lowest BCUT2D eigenvalue weighted by molar-refractivity contribution is -0.161. The van der Waals surface area contributed by atoms with Gasteiger partial charge in [-0.15, -0.1) is 0 Å². The van der Waals surface area contributed by atoms with Crippen LogP contribution < -0.4 is 0 Å². The number of unbranched alkanes of at least 4 members (excludes halogenated alkanes) is 10. The van der Waals surface area contributed by atoms with Gasteiger partial charge in [0.15, 0.2) is 6.10 Å². The number of hydrogen-bond acceptors (Lipinski definition) is 5. The maximum Gasteiger partial charge on any atom is 0.306 e. The fourth-order valence-corrected chi connectivity index (χ4v) is 4.35. The van der Waals surface area contributed by atoms with E-state index in [4.69, 9.17) is 9.47 Å². The minimum absolute atomic E-state index is 0.0966. The second-order valence-electron chi connectivity index (χ2n) is 11.2. The van der Waals surface area contributed by atoms with Crippen molar-refractivity contribution >= 4 is 11.9 Å². The Kier molecular flexibility index (Phi) is 32.7. The molecule has 1 N–H and O–H groups in total. The van der Waals surface area contributed by atoms with Crippen LogP contribution >= 0.6 is 0 Å². The minimum Gasteiger partial charge on any atom is -0.462 e. The summed E-state index contributed by atoms with van der Waals surface area (Å²) in [5, 5.41) is 9.51. The van der Waals surface area contributed by atoms with Crippen LogP contribution in [0, 0.1) is 0 Å². The zero-order valence-electron chi connectivity index (χ0n) is 28.1. The van der Waals surface area contributed by atoms with Gasteiger partial charge in [0.05, 0.1) is 6.61 Å². The SMILES string of the molecule is CC/C=C/C/C=C/C/C=C/C/C=C/C/C=C/CCCC(=O)O[C@@H](CO)COC(=O)CCCCCCC/C=C/CCCCCC. The summed E-state index contributed by atoms with van der Waals surface area (Å²) in [7, 11) is 0. The standard InChI is InChI=1S/C39H64O5/c1-3-5-7-9-11-13-15-17-18-19-20-22-24-26-28-30-32-34-39(42)44-37(35-40)36-43-38(41)33-31-29-27-25-23-21-16-14-12-10-8-6-4-2/h5,7,11,13-14,16-18,20,22,26,28,37,40H,3-4,6,8-10,12,15,19,21,23-25,27,29-36H2,1-2H3/b7-5+,13-11+,16-14+,18-17+,22-20+,28-26+/t37-/m0/s1. The summed E-state index contributed by atoms with van der Waals surface area (Å²) in [5.74, 6) is -0.678. The van der Waals surface area contributed by atoms with Gasteiger partial charge in [-0.2, -0.15) is 0 Å². The van der Waals surface area contributed by atoms with Crippen LogP contribution in [0.15, 0.2) is 72.9 Å². The Hall–Kier alpha value is -2.66. The highest BCUT2D eigenvalue weighted by Crippen LogP contribution is 2.10. The van der Waals surface area contributed by atoms with E-state index in [0.29, 0.717) is 12.8 Å². The molecule has 0 bridgehead atoms. The van der Waals surface area contributed by atoms with Gasteiger partial charge in [0.25, 0.3) is 0 Å². The second-order valence-corrected chi connectivity index (χ2v) is 11.2. The van der Waals surface area contributed by atoms with Gasteiger partial charge in [0, 0.05) is 12.8 Å². The van der Waals surface area contributed by atoms with Gasteiger partial charge in [-0.05, 0) is 77.0 Å². The number of allylic oxidation sites excluding steroid dienone is 12. The van der Waals surface area contributed by atoms with Crippen molar-refractivity contribution in [3.8, 4) is 0 Å². The van der Waals surface area contributed by atoms with E-state index in [1.807, 2.05) is 0 Å². The maximum atomic E-state index is 12.1. The molecule has 0 spiro atoms. The molecule has 0 heterocycles. The largest absolute Gasteiger partial charge is 0.462 e. The first-order valence-electron chi connectivity index (χ1n) is 17.5. The highest BCUT2D eigenvalue weighted by atomic mass is 16.6. The zero-order valence-corrected chi connectivity index (χ0v) is 28.1. The van der Waals surface area contributed by atoms with Crippen LogP contribution in [0.1, 0.15) is 142 Å². The van der Waals surface area contributed by atoms with Crippen LogP contribution in [0.2, 0.25) is 0 Å². The predicted octanol–water partition coefficient (Wildman–Crippen LogP) is 10.6. The quantitative estimate of drug-likeness (QED) is 0.0496. The number of aliphatic hydroxyl groups is 1. The van der Waals surface area contributed by atoms with Crippen molar-refractivity contribution in [1.82, 2.24) is 0 Å². The molecule has 0 aliphatic carbocycles. The van der Waals surface area contributed by atoms with Crippen LogP contribution in [-0.2, 0) is 19.1 Å². The van der Waals surface area contributed by atoms with Gasteiger partial charge in [-0.1, -0.05) is 125 Å². The Morgan fingerprint density at radius 2 is 1.00 bits per heavy atom. The molecule has 0 unspecified atom stereocenters. The molecule has 0 aromatic rings. The molecule has 250 valence electrons. The molecule has 0 aliphatic rings. The van der Waals surface area contributed by atoms with E-state index < -0.39 is 6.10 Å². The molecule has 44 heavy (non-hydrogen) atoms. The van der Waals surface area contributed by atoms with Gasteiger partial charge < -0.3 is 14.6 Å². The predicted molar refractivity (Wildman–Crippen MR) is 186 cm³/mol. The topological polar surface area (TPSA) is 72.8 Å². The average molecular weight is 613 g/mol.